The molecule has 1 amide bonds. The van der Waals surface area contributed by atoms with Gasteiger partial charge in [-0.15, -0.1) is 0 Å². The van der Waals surface area contributed by atoms with Crippen LogP contribution < -0.4 is 4.90 Å². The number of nitro groups is 1. The van der Waals surface area contributed by atoms with Gasteiger partial charge in [-0.05, 0) is 69.2 Å². The van der Waals surface area contributed by atoms with Crippen LogP contribution in [0.15, 0.2) is 42.5 Å². The standard InChI is InChI=1S/C23H28FN3O3.C3H6/c1-4-12-25(3)13-11-23(5-2)16-26(21-10-9-18(24)15-20(21)23)22(28)17-7-6-8-19(14-17)27(29)30;1-2-3-1/h6-10,14-15H,4-5,11-13,16H2,1-3H3;1-3H2. The molecule has 4 rings (SSSR count). The third-order valence-corrected chi connectivity index (χ3v) is 6.44. The molecule has 2 aromatic carbocycles. The molecule has 2 aromatic rings. The van der Waals surface area contributed by atoms with E-state index in [1.807, 2.05) is 0 Å². The van der Waals surface area contributed by atoms with Crippen molar-refractivity contribution in [3.63, 3.8) is 0 Å². The zero-order chi connectivity index (χ0) is 24.0. The molecule has 7 heteroatoms. The molecule has 2 aliphatic rings. The lowest BCUT2D eigenvalue weighted by Crippen LogP contribution is -2.39. The number of rotatable bonds is 8. The molecule has 0 N–H and O–H groups in total. The van der Waals surface area contributed by atoms with Gasteiger partial charge in [-0.1, -0.05) is 39.2 Å². The Labute approximate surface area is 195 Å². The first-order valence-corrected chi connectivity index (χ1v) is 11.9. The monoisotopic (exact) mass is 455 g/mol. The highest BCUT2D eigenvalue weighted by Crippen LogP contribution is 2.46. The van der Waals surface area contributed by atoms with E-state index in [9.17, 15) is 19.3 Å². The molecule has 1 unspecified atom stereocenters. The molecule has 0 spiro atoms. The summed E-state index contributed by atoms with van der Waals surface area (Å²) in [5.74, 6) is -0.623. The molecule has 1 aliphatic heterocycles. The van der Waals surface area contributed by atoms with Crippen LogP contribution in [0.1, 0.15) is 68.3 Å². The van der Waals surface area contributed by atoms with E-state index in [1.54, 1.807) is 23.1 Å². The van der Waals surface area contributed by atoms with Crippen LogP contribution in [0.3, 0.4) is 0 Å². The first-order valence-electron chi connectivity index (χ1n) is 11.9. The van der Waals surface area contributed by atoms with Crippen molar-refractivity contribution in [3.8, 4) is 0 Å². The lowest BCUT2D eigenvalue weighted by Gasteiger charge is -2.31. The molecule has 0 radical (unpaired) electrons. The molecular formula is C26H34FN3O3. The van der Waals surface area contributed by atoms with Gasteiger partial charge in [-0.3, -0.25) is 14.9 Å². The van der Waals surface area contributed by atoms with Gasteiger partial charge in [0.1, 0.15) is 5.82 Å². The van der Waals surface area contributed by atoms with Crippen molar-refractivity contribution in [2.75, 3.05) is 31.6 Å². The maximum absolute atomic E-state index is 14.2. The number of amides is 1. The van der Waals surface area contributed by atoms with E-state index >= 15 is 0 Å². The minimum atomic E-state index is -0.510. The fraction of sp³-hybridized carbons (Fsp3) is 0.500. The molecule has 33 heavy (non-hydrogen) atoms. The lowest BCUT2D eigenvalue weighted by atomic mass is 9.77. The third-order valence-electron chi connectivity index (χ3n) is 6.44. The number of fused-ring (bicyclic) bond motifs is 1. The molecule has 0 bridgehead atoms. The van der Waals surface area contributed by atoms with Crippen LogP contribution in [0.4, 0.5) is 15.8 Å². The maximum atomic E-state index is 14.2. The van der Waals surface area contributed by atoms with E-state index < -0.39 is 4.92 Å². The smallest absolute Gasteiger partial charge is 0.270 e. The van der Waals surface area contributed by atoms with Gasteiger partial charge in [-0.2, -0.15) is 0 Å². The first-order chi connectivity index (χ1) is 15.8. The molecule has 1 saturated carbocycles. The maximum Gasteiger partial charge on any atom is 0.270 e. The minimum absolute atomic E-state index is 0.123. The van der Waals surface area contributed by atoms with Crippen LogP contribution in [-0.4, -0.2) is 42.4 Å². The van der Waals surface area contributed by atoms with Crippen molar-refractivity contribution in [2.24, 2.45) is 0 Å². The van der Waals surface area contributed by atoms with Gasteiger partial charge >= 0.3 is 0 Å². The number of anilines is 1. The summed E-state index contributed by atoms with van der Waals surface area (Å²) in [7, 11) is 2.07. The van der Waals surface area contributed by atoms with Crippen molar-refractivity contribution in [1.82, 2.24) is 4.90 Å². The summed E-state index contributed by atoms with van der Waals surface area (Å²) in [4.78, 5) is 27.8. The molecule has 0 aromatic heterocycles. The summed E-state index contributed by atoms with van der Waals surface area (Å²) in [6.45, 7) is 6.45. The Morgan fingerprint density at radius 2 is 1.88 bits per heavy atom. The quantitative estimate of drug-likeness (QED) is 0.365. The average molecular weight is 456 g/mol. The Hall–Kier alpha value is -2.80. The van der Waals surface area contributed by atoms with Crippen LogP contribution in [0.25, 0.3) is 0 Å². The number of benzene rings is 2. The highest BCUT2D eigenvalue weighted by molar-refractivity contribution is 6.08. The first kappa shape index (κ1) is 24.8. The molecule has 1 fully saturated rings. The molecule has 1 heterocycles. The highest BCUT2D eigenvalue weighted by atomic mass is 19.1. The van der Waals surface area contributed by atoms with Crippen LogP contribution in [0.5, 0.6) is 0 Å². The fourth-order valence-corrected chi connectivity index (χ4v) is 4.32. The Kier molecular flexibility index (Phi) is 8.19. The second-order valence-corrected chi connectivity index (χ2v) is 9.11. The SMILES string of the molecule is C1CC1.CCCN(C)CCC1(CC)CN(C(=O)c2cccc([N+](=O)[O-])c2)c2ccc(F)cc21. The largest absolute Gasteiger partial charge is 0.307 e. The number of halogens is 1. The Balaban J connectivity index is 0.000000942. The van der Waals surface area contributed by atoms with Crippen LogP contribution in [0.2, 0.25) is 0 Å². The van der Waals surface area contributed by atoms with Gasteiger partial charge < -0.3 is 9.80 Å². The van der Waals surface area contributed by atoms with E-state index in [0.717, 1.165) is 37.9 Å². The number of hydrogen-bond acceptors (Lipinski definition) is 4. The molecule has 0 saturated heterocycles. The van der Waals surface area contributed by atoms with Crippen LogP contribution in [-0.2, 0) is 5.41 Å². The number of carbonyl (C=O) groups excluding carboxylic acids is 1. The molecule has 1 aliphatic carbocycles. The zero-order valence-electron chi connectivity index (χ0n) is 19.8. The Morgan fingerprint density at radius 1 is 1.15 bits per heavy atom. The summed E-state index contributed by atoms with van der Waals surface area (Å²) < 4.78 is 14.2. The number of nitrogens with zero attached hydrogens (tertiary/aromatic N) is 3. The van der Waals surface area contributed by atoms with Gasteiger partial charge in [0.05, 0.1) is 4.92 Å². The van der Waals surface area contributed by atoms with E-state index in [2.05, 4.69) is 25.8 Å². The number of carbonyl (C=O) groups is 1. The van der Waals surface area contributed by atoms with Crippen LogP contribution >= 0.6 is 0 Å². The Morgan fingerprint density at radius 3 is 2.48 bits per heavy atom. The predicted octanol–water partition coefficient (Wildman–Crippen LogP) is 5.94. The van der Waals surface area contributed by atoms with Gasteiger partial charge in [-0.25, -0.2) is 4.39 Å². The second-order valence-electron chi connectivity index (χ2n) is 9.11. The normalized spacial score (nSPS) is 18.5. The Bertz CT molecular complexity index is 992. The van der Waals surface area contributed by atoms with Gasteiger partial charge in [0, 0.05) is 35.3 Å². The summed E-state index contributed by atoms with van der Waals surface area (Å²) in [5, 5.41) is 11.1. The average Bonchev–Trinajstić information content (AvgIpc) is 3.66. The number of non-ortho nitro benzene ring substituents is 1. The van der Waals surface area contributed by atoms with Gasteiger partial charge in [0.2, 0.25) is 0 Å². The summed E-state index contributed by atoms with van der Waals surface area (Å²) in [6.07, 6.45) is 7.12. The summed E-state index contributed by atoms with van der Waals surface area (Å²) >= 11 is 0. The van der Waals surface area contributed by atoms with Crippen molar-refractivity contribution in [3.05, 3.63) is 69.5 Å². The summed E-state index contributed by atoms with van der Waals surface area (Å²) in [6, 6.07) is 10.3. The van der Waals surface area contributed by atoms with Crippen molar-refractivity contribution in [2.45, 2.75) is 57.8 Å². The topological polar surface area (TPSA) is 66.7 Å². The fourth-order valence-electron chi connectivity index (χ4n) is 4.32. The van der Waals surface area contributed by atoms with Gasteiger partial charge in [0.25, 0.3) is 11.6 Å². The molecular weight excluding hydrogens is 421 g/mol. The second kappa shape index (κ2) is 10.9. The summed E-state index contributed by atoms with van der Waals surface area (Å²) in [5.41, 5.74) is 1.31. The minimum Gasteiger partial charge on any atom is -0.307 e. The van der Waals surface area contributed by atoms with E-state index in [0.29, 0.717) is 12.2 Å². The lowest BCUT2D eigenvalue weighted by molar-refractivity contribution is -0.384. The van der Waals surface area contributed by atoms with Crippen molar-refractivity contribution in [1.29, 1.82) is 0 Å². The zero-order valence-corrected chi connectivity index (χ0v) is 19.8. The van der Waals surface area contributed by atoms with E-state index in [-0.39, 0.29) is 28.4 Å². The van der Waals surface area contributed by atoms with E-state index in [1.165, 1.54) is 43.5 Å². The molecule has 178 valence electrons. The van der Waals surface area contributed by atoms with Crippen molar-refractivity contribution < 1.29 is 14.1 Å². The number of nitro benzene ring substituents is 1. The number of hydrogen-bond donors (Lipinski definition) is 0. The van der Waals surface area contributed by atoms with E-state index in [4.69, 9.17) is 0 Å². The highest BCUT2D eigenvalue weighted by Gasteiger charge is 2.43. The van der Waals surface area contributed by atoms with Crippen molar-refractivity contribution >= 4 is 17.3 Å². The van der Waals surface area contributed by atoms with Crippen LogP contribution in [0, 0.1) is 15.9 Å². The molecule has 6 nitrogen and oxygen atoms in total. The molecule has 1 atom stereocenters. The predicted molar refractivity (Wildman–Crippen MR) is 129 cm³/mol. The third kappa shape index (κ3) is 5.96. The van der Waals surface area contributed by atoms with Gasteiger partial charge in [0.15, 0.2) is 0 Å².